The van der Waals surface area contributed by atoms with Crippen molar-refractivity contribution in [2.24, 2.45) is 0 Å². The first kappa shape index (κ1) is 9.39. The summed E-state index contributed by atoms with van der Waals surface area (Å²) in [5, 5.41) is 8.51. The zero-order chi connectivity index (χ0) is 10.0. The number of nitrogen functional groups attached to an aromatic ring is 1. The lowest BCUT2D eigenvalue weighted by Crippen LogP contribution is -2.01. The zero-order valence-electron chi connectivity index (χ0n) is 6.88. The van der Waals surface area contributed by atoms with Gasteiger partial charge in [-0.25, -0.2) is 13.8 Å². The number of pyridine rings is 1. The van der Waals surface area contributed by atoms with E-state index in [0.29, 0.717) is 5.56 Å². The molecule has 0 aliphatic carbocycles. The minimum Gasteiger partial charge on any atom is -0.384 e. The number of alkyl halides is 2. The number of nitriles is 1. The lowest BCUT2D eigenvalue weighted by atomic mass is 10.1. The van der Waals surface area contributed by atoms with Crippen LogP contribution in [-0.4, -0.2) is 4.98 Å². The van der Waals surface area contributed by atoms with Gasteiger partial charge in [-0.3, -0.25) is 0 Å². The smallest absolute Gasteiger partial charge is 0.266 e. The first-order valence-electron chi connectivity index (χ1n) is 3.51. The van der Waals surface area contributed by atoms with E-state index in [0.717, 1.165) is 0 Å². The van der Waals surface area contributed by atoms with E-state index in [1.54, 1.807) is 6.07 Å². The second-order valence-corrected chi connectivity index (χ2v) is 2.54. The highest BCUT2D eigenvalue weighted by molar-refractivity contribution is 5.45. The van der Waals surface area contributed by atoms with Crippen LogP contribution in [0, 0.1) is 18.3 Å². The molecule has 3 nitrogen and oxygen atoms in total. The molecule has 0 aliphatic heterocycles. The third kappa shape index (κ3) is 1.72. The van der Waals surface area contributed by atoms with E-state index >= 15 is 0 Å². The van der Waals surface area contributed by atoms with Crippen LogP contribution in [0.1, 0.15) is 23.2 Å². The van der Waals surface area contributed by atoms with Crippen molar-refractivity contribution >= 4 is 5.82 Å². The van der Waals surface area contributed by atoms with Crippen LogP contribution in [0.3, 0.4) is 0 Å². The molecule has 2 N–H and O–H groups in total. The van der Waals surface area contributed by atoms with Gasteiger partial charge in [0.1, 0.15) is 11.9 Å². The molecule has 1 heterocycles. The fraction of sp³-hybridized carbons (Fsp3) is 0.250. The van der Waals surface area contributed by atoms with Gasteiger partial charge in [0.25, 0.3) is 6.43 Å². The van der Waals surface area contributed by atoms with Gasteiger partial charge in [-0.2, -0.15) is 5.26 Å². The molecule has 1 aromatic rings. The van der Waals surface area contributed by atoms with Crippen LogP contribution >= 0.6 is 0 Å². The van der Waals surface area contributed by atoms with Crippen molar-refractivity contribution < 1.29 is 8.78 Å². The number of hydrogen-bond acceptors (Lipinski definition) is 3. The minimum atomic E-state index is -2.69. The van der Waals surface area contributed by atoms with Crippen molar-refractivity contribution in [1.29, 1.82) is 5.26 Å². The Morgan fingerprint density at radius 2 is 2.23 bits per heavy atom. The van der Waals surface area contributed by atoms with Gasteiger partial charge in [-0.05, 0) is 18.6 Å². The Balaban J connectivity index is 3.41. The van der Waals surface area contributed by atoms with Crippen molar-refractivity contribution in [3.63, 3.8) is 0 Å². The second kappa shape index (κ2) is 3.35. The predicted molar refractivity (Wildman–Crippen MR) is 43.1 cm³/mol. The van der Waals surface area contributed by atoms with Crippen molar-refractivity contribution in [3.8, 4) is 6.07 Å². The molecule has 0 aromatic carbocycles. The summed E-state index contributed by atoms with van der Waals surface area (Å²) in [5.41, 5.74) is 4.95. The molecule has 1 rings (SSSR count). The molecule has 5 heteroatoms. The number of aryl methyl sites for hydroxylation is 1. The van der Waals surface area contributed by atoms with E-state index in [2.05, 4.69) is 4.98 Å². The molecule has 0 unspecified atom stereocenters. The van der Waals surface area contributed by atoms with Crippen LogP contribution in [-0.2, 0) is 0 Å². The number of aromatic nitrogens is 1. The summed E-state index contributed by atoms with van der Waals surface area (Å²) in [6, 6.07) is 2.91. The number of rotatable bonds is 1. The summed E-state index contributed by atoms with van der Waals surface area (Å²) < 4.78 is 24.8. The average molecular weight is 183 g/mol. The number of hydrogen-bond donors (Lipinski definition) is 1. The van der Waals surface area contributed by atoms with E-state index in [4.69, 9.17) is 11.0 Å². The molecule has 1 aromatic heterocycles. The van der Waals surface area contributed by atoms with Crippen LogP contribution in [0.25, 0.3) is 0 Å². The quantitative estimate of drug-likeness (QED) is 0.721. The first-order chi connectivity index (χ1) is 6.06. The third-order valence-electron chi connectivity index (χ3n) is 1.61. The SMILES string of the molecule is Cc1cc(N)nc(C#N)c1C(F)F. The van der Waals surface area contributed by atoms with Crippen LogP contribution in [0.2, 0.25) is 0 Å². The highest BCUT2D eigenvalue weighted by Gasteiger charge is 2.17. The summed E-state index contributed by atoms with van der Waals surface area (Å²) in [6.07, 6.45) is -2.69. The van der Waals surface area contributed by atoms with Gasteiger partial charge in [-0.15, -0.1) is 0 Å². The van der Waals surface area contributed by atoms with Crippen molar-refractivity contribution in [2.75, 3.05) is 5.73 Å². The first-order valence-corrected chi connectivity index (χ1v) is 3.51. The van der Waals surface area contributed by atoms with Crippen molar-refractivity contribution in [2.45, 2.75) is 13.3 Å². The minimum absolute atomic E-state index is 0.0819. The highest BCUT2D eigenvalue weighted by atomic mass is 19.3. The molecular weight excluding hydrogens is 176 g/mol. The maximum absolute atomic E-state index is 12.4. The molecule has 0 radical (unpaired) electrons. The van der Waals surface area contributed by atoms with Crippen LogP contribution in [0.15, 0.2) is 6.07 Å². The Hall–Kier alpha value is -1.70. The monoisotopic (exact) mass is 183 g/mol. The number of nitrogens with two attached hydrogens (primary N) is 1. The molecule has 0 atom stereocenters. The summed E-state index contributed by atoms with van der Waals surface area (Å²) in [7, 11) is 0. The molecule has 13 heavy (non-hydrogen) atoms. The van der Waals surface area contributed by atoms with Crippen LogP contribution < -0.4 is 5.73 Å². The third-order valence-corrected chi connectivity index (χ3v) is 1.61. The van der Waals surface area contributed by atoms with Gasteiger partial charge < -0.3 is 5.73 Å². The Morgan fingerprint density at radius 3 is 2.69 bits per heavy atom. The van der Waals surface area contributed by atoms with Crippen molar-refractivity contribution in [1.82, 2.24) is 4.98 Å². The Labute approximate surface area is 73.8 Å². The maximum Gasteiger partial charge on any atom is 0.266 e. The molecule has 0 amide bonds. The Kier molecular flexibility index (Phi) is 2.42. The maximum atomic E-state index is 12.4. The van der Waals surface area contributed by atoms with Crippen molar-refractivity contribution in [3.05, 3.63) is 22.9 Å². The average Bonchev–Trinajstić information content (AvgIpc) is 2.01. The lowest BCUT2D eigenvalue weighted by molar-refractivity contribution is 0.150. The largest absolute Gasteiger partial charge is 0.384 e. The number of halogens is 2. The molecule has 0 aliphatic rings. The number of nitrogens with zero attached hydrogens (tertiary/aromatic N) is 2. The Morgan fingerprint density at radius 1 is 1.62 bits per heavy atom. The van der Waals surface area contributed by atoms with E-state index in [-0.39, 0.29) is 17.1 Å². The predicted octanol–water partition coefficient (Wildman–Crippen LogP) is 1.78. The standard InChI is InChI=1S/C8H7F2N3/c1-4-2-6(12)13-5(3-11)7(4)8(9)10/h2,8H,1H3,(H2,12,13). The summed E-state index contributed by atoms with van der Waals surface area (Å²) in [5.74, 6) is 0.0819. The zero-order valence-corrected chi connectivity index (χ0v) is 6.88. The lowest BCUT2D eigenvalue weighted by Gasteiger charge is -2.06. The summed E-state index contributed by atoms with van der Waals surface area (Å²) in [4.78, 5) is 3.51. The summed E-state index contributed by atoms with van der Waals surface area (Å²) >= 11 is 0. The Bertz CT molecular complexity index is 368. The van der Waals surface area contributed by atoms with E-state index in [1.807, 2.05) is 0 Å². The fourth-order valence-electron chi connectivity index (χ4n) is 1.07. The van der Waals surface area contributed by atoms with E-state index in [1.165, 1.54) is 13.0 Å². The molecular formula is C8H7F2N3. The summed E-state index contributed by atoms with van der Waals surface area (Å²) in [6.45, 7) is 1.47. The van der Waals surface area contributed by atoms with Gasteiger partial charge >= 0.3 is 0 Å². The molecule has 0 fully saturated rings. The molecule has 68 valence electrons. The molecule has 0 bridgehead atoms. The van der Waals surface area contributed by atoms with Gasteiger partial charge in [0.2, 0.25) is 0 Å². The van der Waals surface area contributed by atoms with Gasteiger partial charge in [0, 0.05) is 0 Å². The van der Waals surface area contributed by atoms with E-state index < -0.39 is 6.43 Å². The fourth-order valence-corrected chi connectivity index (χ4v) is 1.07. The van der Waals surface area contributed by atoms with Crippen LogP contribution in [0.5, 0.6) is 0 Å². The van der Waals surface area contributed by atoms with Gasteiger partial charge in [-0.1, -0.05) is 0 Å². The molecule has 0 saturated carbocycles. The number of anilines is 1. The highest BCUT2D eigenvalue weighted by Crippen LogP contribution is 2.25. The van der Waals surface area contributed by atoms with E-state index in [9.17, 15) is 8.78 Å². The molecule has 0 spiro atoms. The van der Waals surface area contributed by atoms with Crippen LogP contribution in [0.4, 0.5) is 14.6 Å². The second-order valence-electron chi connectivity index (χ2n) is 2.54. The van der Waals surface area contributed by atoms with Gasteiger partial charge in [0.05, 0.1) is 5.56 Å². The molecule has 0 saturated heterocycles. The normalized spacial score (nSPS) is 10.1. The topological polar surface area (TPSA) is 62.7 Å². The van der Waals surface area contributed by atoms with Gasteiger partial charge in [0.15, 0.2) is 5.69 Å².